The molecule has 1 heterocycles. The van der Waals surface area contributed by atoms with Gasteiger partial charge in [0, 0.05) is 26.4 Å². The maximum Gasteiger partial charge on any atom is 0.245 e. The molecule has 0 aromatic rings. The van der Waals surface area contributed by atoms with E-state index in [0.717, 1.165) is 39.0 Å². The monoisotopic (exact) mass is 215 g/mol. The third-order valence-corrected chi connectivity index (χ3v) is 2.48. The maximum absolute atomic E-state index is 11.2. The SMILES string of the molecule is CCCOCC(=O)NCCC1CCOC1. The summed E-state index contributed by atoms with van der Waals surface area (Å²) in [7, 11) is 0. The van der Waals surface area contributed by atoms with Crippen molar-refractivity contribution in [3.63, 3.8) is 0 Å². The summed E-state index contributed by atoms with van der Waals surface area (Å²) in [5.74, 6) is 0.615. The Balaban J connectivity index is 1.91. The molecule has 15 heavy (non-hydrogen) atoms. The molecule has 1 unspecified atom stereocenters. The van der Waals surface area contributed by atoms with E-state index in [9.17, 15) is 4.79 Å². The van der Waals surface area contributed by atoms with Crippen LogP contribution in [0.3, 0.4) is 0 Å². The average molecular weight is 215 g/mol. The van der Waals surface area contributed by atoms with Crippen molar-refractivity contribution in [2.75, 3.05) is 33.0 Å². The van der Waals surface area contributed by atoms with E-state index in [-0.39, 0.29) is 12.5 Å². The predicted octanol–water partition coefficient (Wildman–Crippen LogP) is 0.956. The van der Waals surface area contributed by atoms with Gasteiger partial charge < -0.3 is 14.8 Å². The smallest absolute Gasteiger partial charge is 0.245 e. The summed E-state index contributed by atoms with van der Waals surface area (Å²) in [6.07, 6.45) is 3.09. The van der Waals surface area contributed by atoms with E-state index in [0.29, 0.717) is 12.5 Å². The summed E-state index contributed by atoms with van der Waals surface area (Å²) < 4.78 is 10.4. The Kier molecular flexibility index (Phi) is 6.36. The number of carbonyl (C=O) groups excluding carboxylic acids is 1. The summed E-state index contributed by atoms with van der Waals surface area (Å²) in [4.78, 5) is 11.2. The number of ether oxygens (including phenoxy) is 2. The van der Waals surface area contributed by atoms with Crippen molar-refractivity contribution in [3.8, 4) is 0 Å². The van der Waals surface area contributed by atoms with Crippen molar-refractivity contribution in [2.45, 2.75) is 26.2 Å². The lowest BCUT2D eigenvalue weighted by Crippen LogP contribution is -2.29. The molecule has 4 nitrogen and oxygen atoms in total. The molecule has 1 fully saturated rings. The first-order chi connectivity index (χ1) is 7.33. The summed E-state index contributed by atoms with van der Waals surface area (Å²) in [6, 6.07) is 0. The minimum absolute atomic E-state index is 0.0117. The molecule has 1 atom stereocenters. The van der Waals surface area contributed by atoms with Crippen LogP contribution in [0.2, 0.25) is 0 Å². The highest BCUT2D eigenvalue weighted by Gasteiger charge is 2.15. The molecule has 0 spiro atoms. The van der Waals surface area contributed by atoms with Gasteiger partial charge in [0.2, 0.25) is 5.91 Å². The fourth-order valence-electron chi connectivity index (χ4n) is 1.59. The first kappa shape index (κ1) is 12.5. The van der Waals surface area contributed by atoms with Gasteiger partial charge in [-0.15, -0.1) is 0 Å². The van der Waals surface area contributed by atoms with Gasteiger partial charge in [0.15, 0.2) is 0 Å². The van der Waals surface area contributed by atoms with Crippen LogP contribution in [-0.2, 0) is 14.3 Å². The van der Waals surface area contributed by atoms with Crippen LogP contribution in [0.1, 0.15) is 26.2 Å². The number of hydrogen-bond acceptors (Lipinski definition) is 3. The van der Waals surface area contributed by atoms with Crippen molar-refractivity contribution in [1.29, 1.82) is 0 Å². The van der Waals surface area contributed by atoms with E-state index in [2.05, 4.69) is 5.32 Å². The van der Waals surface area contributed by atoms with Gasteiger partial charge in [-0.25, -0.2) is 0 Å². The normalized spacial score (nSPS) is 20.5. The molecular formula is C11H21NO3. The highest BCUT2D eigenvalue weighted by Crippen LogP contribution is 2.14. The summed E-state index contributed by atoms with van der Waals surface area (Å²) in [5, 5.41) is 2.85. The van der Waals surface area contributed by atoms with Crippen LogP contribution >= 0.6 is 0 Å². The predicted molar refractivity (Wildman–Crippen MR) is 57.7 cm³/mol. The number of carbonyl (C=O) groups is 1. The lowest BCUT2D eigenvalue weighted by atomic mass is 10.1. The molecule has 1 aliphatic rings. The quantitative estimate of drug-likeness (QED) is 0.643. The van der Waals surface area contributed by atoms with Crippen LogP contribution in [0.25, 0.3) is 0 Å². The Hall–Kier alpha value is -0.610. The molecule has 1 N–H and O–H groups in total. The topological polar surface area (TPSA) is 47.6 Å². The van der Waals surface area contributed by atoms with Crippen LogP contribution in [0, 0.1) is 5.92 Å². The highest BCUT2D eigenvalue weighted by molar-refractivity contribution is 5.77. The number of nitrogens with one attached hydrogen (secondary N) is 1. The van der Waals surface area contributed by atoms with Crippen molar-refractivity contribution >= 4 is 5.91 Å². The molecule has 0 bridgehead atoms. The third-order valence-electron chi connectivity index (χ3n) is 2.48. The fourth-order valence-corrected chi connectivity index (χ4v) is 1.59. The zero-order chi connectivity index (χ0) is 10.9. The number of rotatable bonds is 7. The van der Waals surface area contributed by atoms with Crippen molar-refractivity contribution in [2.24, 2.45) is 5.92 Å². The van der Waals surface area contributed by atoms with Crippen LogP contribution in [0.4, 0.5) is 0 Å². The van der Waals surface area contributed by atoms with Gasteiger partial charge in [0.05, 0.1) is 0 Å². The zero-order valence-electron chi connectivity index (χ0n) is 9.46. The van der Waals surface area contributed by atoms with Gasteiger partial charge in [-0.2, -0.15) is 0 Å². The molecule has 1 rings (SSSR count). The van der Waals surface area contributed by atoms with E-state index >= 15 is 0 Å². The van der Waals surface area contributed by atoms with Crippen LogP contribution in [0.15, 0.2) is 0 Å². The second kappa shape index (κ2) is 7.65. The van der Waals surface area contributed by atoms with Gasteiger partial charge in [0.1, 0.15) is 6.61 Å². The Morgan fingerprint density at radius 1 is 1.60 bits per heavy atom. The lowest BCUT2D eigenvalue weighted by Gasteiger charge is -2.08. The van der Waals surface area contributed by atoms with E-state index in [4.69, 9.17) is 9.47 Å². The third kappa shape index (κ3) is 5.74. The lowest BCUT2D eigenvalue weighted by molar-refractivity contribution is -0.125. The Labute approximate surface area is 91.3 Å². The minimum atomic E-state index is -0.0117. The first-order valence-electron chi connectivity index (χ1n) is 5.75. The molecule has 1 saturated heterocycles. The molecule has 1 amide bonds. The van der Waals surface area contributed by atoms with Crippen LogP contribution in [-0.4, -0.2) is 38.9 Å². The Bertz CT molecular complexity index is 179. The molecule has 1 aliphatic heterocycles. The summed E-state index contributed by atoms with van der Waals surface area (Å²) in [6.45, 7) is 5.33. The van der Waals surface area contributed by atoms with Crippen molar-refractivity contribution in [3.05, 3.63) is 0 Å². The molecule has 0 aromatic heterocycles. The number of amides is 1. The first-order valence-corrected chi connectivity index (χ1v) is 5.75. The number of hydrogen-bond donors (Lipinski definition) is 1. The van der Waals surface area contributed by atoms with E-state index in [1.165, 1.54) is 0 Å². The van der Waals surface area contributed by atoms with Crippen molar-refractivity contribution < 1.29 is 14.3 Å². The highest BCUT2D eigenvalue weighted by atomic mass is 16.5. The van der Waals surface area contributed by atoms with E-state index in [1.807, 2.05) is 6.92 Å². The largest absolute Gasteiger partial charge is 0.381 e. The van der Waals surface area contributed by atoms with Crippen LogP contribution in [0.5, 0.6) is 0 Å². The van der Waals surface area contributed by atoms with Gasteiger partial charge in [-0.1, -0.05) is 6.92 Å². The van der Waals surface area contributed by atoms with E-state index in [1.54, 1.807) is 0 Å². The minimum Gasteiger partial charge on any atom is -0.381 e. The Morgan fingerprint density at radius 2 is 2.47 bits per heavy atom. The summed E-state index contributed by atoms with van der Waals surface area (Å²) >= 11 is 0. The molecule has 0 saturated carbocycles. The fraction of sp³-hybridized carbons (Fsp3) is 0.909. The van der Waals surface area contributed by atoms with Gasteiger partial charge >= 0.3 is 0 Å². The molecule has 0 aliphatic carbocycles. The van der Waals surface area contributed by atoms with Gasteiger partial charge in [-0.05, 0) is 25.2 Å². The van der Waals surface area contributed by atoms with Gasteiger partial charge in [-0.3, -0.25) is 4.79 Å². The van der Waals surface area contributed by atoms with Crippen molar-refractivity contribution in [1.82, 2.24) is 5.32 Å². The second-order valence-electron chi connectivity index (χ2n) is 3.92. The average Bonchev–Trinajstić information content (AvgIpc) is 2.71. The zero-order valence-corrected chi connectivity index (χ0v) is 9.46. The molecule has 0 aromatic carbocycles. The molecule has 4 heteroatoms. The Morgan fingerprint density at radius 3 is 3.13 bits per heavy atom. The second-order valence-corrected chi connectivity index (χ2v) is 3.92. The standard InChI is InChI=1S/C11H21NO3/c1-2-6-14-9-11(13)12-5-3-10-4-7-15-8-10/h10H,2-9H2,1H3,(H,12,13). The van der Waals surface area contributed by atoms with E-state index < -0.39 is 0 Å². The maximum atomic E-state index is 11.2. The summed E-state index contributed by atoms with van der Waals surface area (Å²) in [5.41, 5.74) is 0. The van der Waals surface area contributed by atoms with Crippen LogP contribution < -0.4 is 5.32 Å². The molecule has 88 valence electrons. The van der Waals surface area contributed by atoms with Gasteiger partial charge in [0.25, 0.3) is 0 Å². The molecular weight excluding hydrogens is 194 g/mol. The molecule has 0 radical (unpaired) electrons.